The number of terminal acetylenes is 1. The Hall–Kier alpha value is -1.80. The predicted molar refractivity (Wildman–Crippen MR) is 57.4 cm³/mol. The maximum atomic E-state index is 10.9. The first-order valence-corrected chi connectivity index (χ1v) is 5.17. The van der Waals surface area contributed by atoms with Crippen LogP contribution < -0.4 is 4.74 Å². The van der Waals surface area contributed by atoms with E-state index in [1.165, 1.54) is 11.3 Å². The summed E-state index contributed by atoms with van der Waals surface area (Å²) < 4.78 is 7.01. The molecule has 0 aromatic carbocycles. The zero-order valence-corrected chi connectivity index (χ0v) is 8.82. The second-order valence-corrected chi connectivity index (χ2v) is 3.78. The van der Waals surface area contributed by atoms with Gasteiger partial charge in [-0.05, 0) is 6.92 Å². The van der Waals surface area contributed by atoms with Crippen LogP contribution in [0.1, 0.15) is 17.4 Å². The number of rotatable bonds is 3. The third-order valence-corrected chi connectivity index (χ3v) is 2.66. The van der Waals surface area contributed by atoms with Gasteiger partial charge in [0.1, 0.15) is 0 Å². The zero-order valence-electron chi connectivity index (χ0n) is 8.01. The normalized spacial score (nSPS) is 12.3. The van der Waals surface area contributed by atoms with Crippen LogP contribution >= 0.6 is 11.3 Å². The quantitative estimate of drug-likeness (QED) is 0.583. The largest absolute Gasteiger partial charge is 0.460 e. The van der Waals surface area contributed by atoms with E-state index in [1.807, 2.05) is 5.38 Å². The number of fused-ring (bicyclic) bond motifs is 1. The van der Waals surface area contributed by atoms with E-state index in [4.69, 9.17) is 11.2 Å². The van der Waals surface area contributed by atoms with Gasteiger partial charge in [0.2, 0.25) is 5.88 Å². The predicted octanol–water partition coefficient (Wildman–Crippen LogP) is 1.61. The second kappa shape index (κ2) is 3.75. The molecule has 0 aliphatic rings. The van der Waals surface area contributed by atoms with Gasteiger partial charge in [0, 0.05) is 11.6 Å². The van der Waals surface area contributed by atoms with E-state index >= 15 is 0 Å². The second-order valence-electron chi connectivity index (χ2n) is 2.90. The Bertz CT molecular complexity index is 535. The maximum absolute atomic E-state index is 10.9. The molecular formula is C10H8N2O2S. The molecule has 0 radical (unpaired) electrons. The number of ether oxygens (including phenoxy) is 1. The van der Waals surface area contributed by atoms with Gasteiger partial charge in [0.05, 0.1) is 0 Å². The molecule has 4 nitrogen and oxygen atoms in total. The average molecular weight is 220 g/mol. The molecule has 0 fully saturated rings. The van der Waals surface area contributed by atoms with E-state index < -0.39 is 6.10 Å². The summed E-state index contributed by atoms with van der Waals surface area (Å²) in [4.78, 5) is 15.8. The standard InChI is InChI=1S/C10H8N2O2S/c1-3-7(2)14-9-8(6-13)12-4-5-15-10(12)11-9/h1,4-7H,2H3. The minimum absolute atomic E-state index is 0.294. The number of hydrogen-bond donors (Lipinski definition) is 0. The molecular weight excluding hydrogens is 212 g/mol. The molecule has 15 heavy (non-hydrogen) atoms. The Morgan fingerprint density at radius 1 is 1.80 bits per heavy atom. The van der Waals surface area contributed by atoms with Crippen LogP contribution in [0.25, 0.3) is 4.96 Å². The van der Waals surface area contributed by atoms with Crippen molar-refractivity contribution in [3.05, 3.63) is 17.3 Å². The van der Waals surface area contributed by atoms with Gasteiger partial charge in [0.25, 0.3) is 0 Å². The van der Waals surface area contributed by atoms with Crippen molar-refractivity contribution in [2.45, 2.75) is 13.0 Å². The Balaban J connectivity index is 2.46. The van der Waals surface area contributed by atoms with Crippen molar-refractivity contribution >= 4 is 22.6 Å². The van der Waals surface area contributed by atoms with E-state index in [-0.39, 0.29) is 0 Å². The molecule has 0 bridgehead atoms. The lowest BCUT2D eigenvalue weighted by molar-refractivity contribution is 0.111. The summed E-state index contributed by atoms with van der Waals surface area (Å²) >= 11 is 1.43. The Morgan fingerprint density at radius 2 is 2.60 bits per heavy atom. The van der Waals surface area contributed by atoms with Crippen LogP contribution in [-0.2, 0) is 0 Å². The lowest BCUT2D eigenvalue weighted by Gasteiger charge is -2.05. The van der Waals surface area contributed by atoms with E-state index in [2.05, 4.69) is 10.9 Å². The summed E-state index contributed by atoms with van der Waals surface area (Å²) in [6.45, 7) is 1.72. The van der Waals surface area contributed by atoms with Crippen molar-refractivity contribution in [2.75, 3.05) is 0 Å². The summed E-state index contributed by atoms with van der Waals surface area (Å²) in [6, 6.07) is 0. The van der Waals surface area contributed by atoms with Gasteiger partial charge in [0.15, 0.2) is 23.0 Å². The average Bonchev–Trinajstić information content (AvgIpc) is 2.77. The van der Waals surface area contributed by atoms with Gasteiger partial charge in [-0.25, -0.2) is 0 Å². The van der Waals surface area contributed by atoms with Crippen molar-refractivity contribution < 1.29 is 9.53 Å². The summed E-state index contributed by atoms with van der Waals surface area (Å²) in [5, 5.41) is 1.85. The molecule has 2 rings (SSSR count). The summed E-state index contributed by atoms with van der Waals surface area (Å²) in [7, 11) is 0. The van der Waals surface area contributed by atoms with E-state index in [0.29, 0.717) is 17.9 Å². The fourth-order valence-electron chi connectivity index (χ4n) is 1.18. The molecule has 0 amide bonds. The minimum Gasteiger partial charge on any atom is -0.460 e. The van der Waals surface area contributed by atoms with Crippen molar-refractivity contribution in [3.63, 3.8) is 0 Å². The Kier molecular flexibility index (Phi) is 2.44. The third-order valence-electron chi connectivity index (χ3n) is 1.90. The lowest BCUT2D eigenvalue weighted by atomic mass is 10.4. The minimum atomic E-state index is -0.395. The van der Waals surface area contributed by atoms with Crippen LogP contribution in [-0.4, -0.2) is 21.8 Å². The van der Waals surface area contributed by atoms with Gasteiger partial charge < -0.3 is 4.74 Å². The molecule has 2 aromatic rings. The number of carbonyl (C=O) groups excluding carboxylic acids is 1. The highest BCUT2D eigenvalue weighted by molar-refractivity contribution is 7.15. The molecule has 0 aliphatic heterocycles. The summed E-state index contributed by atoms with van der Waals surface area (Å²) in [5.41, 5.74) is 0.397. The molecule has 0 N–H and O–H groups in total. The molecule has 2 heterocycles. The molecule has 2 aromatic heterocycles. The Morgan fingerprint density at radius 3 is 3.27 bits per heavy atom. The van der Waals surface area contributed by atoms with Crippen LogP contribution in [0.2, 0.25) is 0 Å². The number of imidazole rings is 1. The SMILES string of the molecule is C#CC(C)Oc1nc2sccn2c1C=O. The summed E-state index contributed by atoms with van der Waals surface area (Å²) in [6.07, 6.45) is 7.27. The molecule has 0 saturated carbocycles. The maximum Gasteiger partial charge on any atom is 0.245 e. The highest BCUT2D eigenvalue weighted by Crippen LogP contribution is 2.22. The van der Waals surface area contributed by atoms with Crippen LogP contribution in [0.3, 0.4) is 0 Å². The molecule has 0 saturated heterocycles. The van der Waals surface area contributed by atoms with Gasteiger partial charge in [-0.1, -0.05) is 5.92 Å². The number of aldehydes is 1. The number of hydrogen-bond acceptors (Lipinski definition) is 4. The van der Waals surface area contributed by atoms with E-state index in [1.54, 1.807) is 17.5 Å². The molecule has 76 valence electrons. The van der Waals surface area contributed by atoms with Crippen LogP contribution in [0.15, 0.2) is 11.6 Å². The monoisotopic (exact) mass is 220 g/mol. The first-order valence-electron chi connectivity index (χ1n) is 4.29. The molecule has 0 spiro atoms. The number of nitrogens with zero attached hydrogens (tertiary/aromatic N) is 2. The molecule has 1 atom stereocenters. The lowest BCUT2D eigenvalue weighted by Crippen LogP contribution is -2.09. The smallest absolute Gasteiger partial charge is 0.245 e. The van der Waals surface area contributed by atoms with Crippen LogP contribution in [0.4, 0.5) is 0 Å². The first-order chi connectivity index (χ1) is 7.26. The van der Waals surface area contributed by atoms with Crippen LogP contribution in [0.5, 0.6) is 5.88 Å². The fourth-order valence-corrected chi connectivity index (χ4v) is 1.89. The van der Waals surface area contributed by atoms with Crippen LogP contribution in [0, 0.1) is 12.3 Å². The molecule has 5 heteroatoms. The van der Waals surface area contributed by atoms with Gasteiger partial charge in [-0.15, -0.1) is 17.8 Å². The first kappa shape index (κ1) is 9.74. The van der Waals surface area contributed by atoms with Crippen molar-refractivity contribution in [1.29, 1.82) is 0 Å². The number of carbonyl (C=O) groups is 1. The number of thiazole rings is 1. The highest BCUT2D eigenvalue weighted by Gasteiger charge is 2.15. The number of aromatic nitrogens is 2. The van der Waals surface area contributed by atoms with Gasteiger partial charge >= 0.3 is 0 Å². The molecule has 1 unspecified atom stereocenters. The Labute approximate surface area is 90.5 Å². The summed E-state index contributed by atoms with van der Waals surface area (Å²) in [5.74, 6) is 2.71. The van der Waals surface area contributed by atoms with Crippen molar-refractivity contribution in [3.8, 4) is 18.2 Å². The van der Waals surface area contributed by atoms with Crippen molar-refractivity contribution in [2.24, 2.45) is 0 Å². The highest BCUT2D eigenvalue weighted by atomic mass is 32.1. The van der Waals surface area contributed by atoms with E-state index in [0.717, 1.165) is 4.96 Å². The van der Waals surface area contributed by atoms with E-state index in [9.17, 15) is 4.79 Å². The molecule has 0 aliphatic carbocycles. The van der Waals surface area contributed by atoms with Gasteiger partial charge in [-0.2, -0.15) is 4.98 Å². The fraction of sp³-hybridized carbons (Fsp3) is 0.200. The zero-order chi connectivity index (χ0) is 10.8. The van der Waals surface area contributed by atoms with Crippen molar-refractivity contribution in [1.82, 2.24) is 9.38 Å². The third kappa shape index (κ3) is 1.60. The topological polar surface area (TPSA) is 43.6 Å². The van der Waals surface area contributed by atoms with Gasteiger partial charge in [-0.3, -0.25) is 9.20 Å².